The molecule has 0 saturated carbocycles. The van der Waals surface area contributed by atoms with Crippen molar-refractivity contribution in [3.05, 3.63) is 69.8 Å². The number of hydrogen-bond donors (Lipinski definition) is 2. The van der Waals surface area contributed by atoms with Crippen molar-refractivity contribution in [3.8, 4) is 28.7 Å². The Labute approximate surface area is 209 Å². The standard InChI is InChI=1S/C25H24F3NO8/c1-13-9-18(30)22(24(32)36-13)17(14-10-19(33-2)23(35-4)20(11-14)34-3)12-21(31)29-15-5-7-16(8-6-15)37-25(26,27)28/h5-11,17,30H,12H2,1-4H3,(H,29,31). The van der Waals surface area contributed by atoms with E-state index >= 15 is 0 Å². The lowest BCUT2D eigenvalue weighted by molar-refractivity contribution is -0.274. The van der Waals surface area contributed by atoms with Gasteiger partial charge in [0.2, 0.25) is 11.7 Å². The molecule has 2 N–H and O–H groups in total. The molecule has 0 radical (unpaired) electrons. The van der Waals surface area contributed by atoms with Crippen molar-refractivity contribution < 1.29 is 46.4 Å². The van der Waals surface area contributed by atoms with Crippen LogP contribution in [0.1, 0.15) is 29.2 Å². The fourth-order valence-electron chi connectivity index (χ4n) is 3.75. The van der Waals surface area contributed by atoms with Crippen LogP contribution in [0.4, 0.5) is 18.9 Å². The van der Waals surface area contributed by atoms with E-state index in [1.54, 1.807) is 0 Å². The number of halogens is 3. The number of carbonyl (C=O) groups excluding carboxylic acids is 1. The number of carbonyl (C=O) groups is 1. The number of methoxy groups -OCH3 is 3. The summed E-state index contributed by atoms with van der Waals surface area (Å²) in [6.45, 7) is 1.48. The first-order valence-electron chi connectivity index (χ1n) is 10.7. The highest BCUT2D eigenvalue weighted by Crippen LogP contribution is 2.43. The van der Waals surface area contributed by atoms with Gasteiger partial charge in [-0.15, -0.1) is 13.2 Å². The number of hydrogen-bond acceptors (Lipinski definition) is 8. The van der Waals surface area contributed by atoms with Crippen LogP contribution >= 0.6 is 0 Å². The van der Waals surface area contributed by atoms with E-state index in [-0.39, 0.29) is 46.4 Å². The fraction of sp³-hybridized carbons (Fsp3) is 0.280. The average Bonchev–Trinajstić information content (AvgIpc) is 2.82. The van der Waals surface area contributed by atoms with Crippen LogP contribution in [0.3, 0.4) is 0 Å². The number of rotatable bonds is 9. The zero-order chi connectivity index (χ0) is 27.3. The summed E-state index contributed by atoms with van der Waals surface area (Å²) in [6.07, 6.45) is -5.21. The molecule has 0 aliphatic rings. The summed E-state index contributed by atoms with van der Waals surface area (Å²) < 4.78 is 62.2. The molecule has 12 heteroatoms. The Morgan fingerprint density at radius 2 is 1.62 bits per heavy atom. The Balaban J connectivity index is 1.99. The molecule has 37 heavy (non-hydrogen) atoms. The number of ether oxygens (including phenoxy) is 4. The van der Waals surface area contributed by atoms with Crippen molar-refractivity contribution in [2.45, 2.75) is 25.6 Å². The second-order valence-corrected chi connectivity index (χ2v) is 7.78. The molecule has 0 saturated heterocycles. The minimum atomic E-state index is -4.85. The summed E-state index contributed by atoms with van der Waals surface area (Å²) in [5.74, 6) is -1.53. The molecule has 1 unspecified atom stereocenters. The van der Waals surface area contributed by atoms with Crippen LogP contribution < -0.4 is 29.9 Å². The van der Waals surface area contributed by atoms with E-state index < -0.39 is 29.6 Å². The van der Waals surface area contributed by atoms with Gasteiger partial charge >= 0.3 is 12.0 Å². The van der Waals surface area contributed by atoms with Crippen molar-refractivity contribution >= 4 is 11.6 Å². The normalized spacial score (nSPS) is 12.0. The summed E-state index contributed by atoms with van der Waals surface area (Å²) in [7, 11) is 4.20. The summed E-state index contributed by atoms with van der Waals surface area (Å²) in [4.78, 5) is 25.7. The fourth-order valence-corrected chi connectivity index (χ4v) is 3.75. The van der Waals surface area contributed by atoms with Crippen LogP contribution in [0.5, 0.6) is 28.7 Å². The Kier molecular flexibility index (Phi) is 8.21. The third-order valence-corrected chi connectivity index (χ3v) is 5.29. The average molecular weight is 523 g/mol. The predicted molar refractivity (Wildman–Crippen MR) is 126 cm³/mol. The van der Waals surface area contributed by atoms with Crippen LogP contribution in [0.2, 0.25) is 0 Å². The van der Waals surface area contributed by atoms with Gasteiger partial charge in [0.15, 0.2) is 11.5 Å². The number of anilines is 1. The van der Waals surface area contributed by atoms with Crippen molar-refractivity contribution in [1.29, 1.82) is 0 Å². The molecule has 9 nitrogen and oxygen atoms in total. The quantitative estimate of drug-likeness (QED) is 0.413. The summed E-state index contributed by atoms with van der Waals surface area (Å²) in [6, 6.07) is 8.85. The molecule has 0 bridgehead atoms. The molecule has 1 atom stereocenters. The first-order chi connectivity index (χ1) is 17.4. The molecule has 0 spiro atoms. The SMILES string of the molecule is COc1cc(C(CC(=O)Nc2ccc(OC(F)(F)F)cc2)c2c(O)cc(C)oc2=O)cc(OC)c1OC. The molecule has 0 aliphatic carbocycles. The molecule has 3 aromatic rings. The van der Waals surface area contributed by atoms with Crippen molar-refractivity contribution in [1.82, 2.24) is 0 Å². The van der Waals surface area contributed by atoms with Crippen molar-refractivity contribution in [2.24, 2.45) is 0 Å². The van der Waals surface area contributed by atoms with E-state index in [9.17, 15) is 27.9 Å². The third kappa shape index (κ3) is 6.66. The number of amides is 1. The first-order valence-corrected chi connectivity index (χ1v) is 10.7. The monoisotopic (exact) mass is 523 g/mol. The summed E-state index contributed by atoms with van der Waals surface area (Å²) in [5, 5.41) is 13.2. The minimum Gasteiger partial charge on any atom is -0.507 e. The maximum atomic E-state index is 13.0. The molecule has 1 aromatic heterocycles. The van der Waals surface area contributed by atoms with Gasteiger partial charge in [-0.05, 0) is 48.9 Å². The van der Waals surface area contributed by atoms with E-state index in [0.717, 1.165) is 12.1 Å². The molecular formula is C25H24F3NO8. The van der Waals surface area contributed by atoms with E-state index in [1.165, 1.54) is 58.6 Å². The highest BCUT2D eigenvalue weighted by molar-refractivity contribution is 5.91. The van der Waals surface area contributed by atoms with Crippen LogP contribution in [-0.2, 0) is 4.79 Å². The Bertz CT molecular complexity index is 1290. The predicted octanol–water partition coefficient (Wildman–Crippen LogP) is 4.74. The maximum Gasteiger partial charge on any atom is 0.573 e. The largest absolute Gasteiger partial charge is 0.573 e. The van der Waals surface area contributed by atoms with Gasteiger partial charge in [0, 0.05) is 24.1 Å². The first kappa shape index (κ1) is 27.2. The van der Waals surface area contributed by atoms with Gasteiger partial charge in [0.05, 0.1) is 26.9 Å². The molecule has 2 aromatic carbocycles. The van der Waals surface area contributed by atoms with Crippen LogP contribution in [-0.4, -0.2) is 38.7 Å². The second-order valence-electron chi connectivity index (χ2n) is 7.78. The molecule has 3 rings (SSSR count). The minimum absolute atomic E-state index is 0.167. The number of benzene rings is 2. The van der Waals surface area contributed by atoms with Crippen LogP contribution in [0, 0.1) is 6.92 Å². The van der Waals surface area contributed by atoms with E-state index in [0.29, 0.717) is 5.56 Å². The van der Waals surface area contributed by atoms with Gasteiger partial charge in [-0.3, -0.25) is 4.79 Å². The molecular weight excluding hydrogens is 499 g/mol. The Morgan fingerprint density at radius 1 is 1.03 bits per heavy atom. The van der Waals surface area contributed by atoms with Crippen molar-refractivity contribution in [3.63, 3.8) is 0 Å². The lowest BCUT2D eigenvalue weighted by atomic mass is 9.88. The highest BCUT2D eigenvalue weighted by atomic mass is 19.4. The molecule has 0 aliphatic heterocycles. The lowest BCUT2D eigenvalue weighted by Crippen LogP contribution is -2.21. The van der Waals surface area contributed by atoms with Crippen molar-refractivity contribution in [2.75, 3.05) is 26.6 Å². The van der Waals surface area contributed by atoms with Gasteiger partial charge in [-0.2, -0.15) is 0 Å². The molecule has 1 heterocycles. The molecule has 198 valence electrons. The van der Waals surface area contributed by atoms with Gasteiger partial charge in [0.25, 0.3) is 0 Å². The summed E-state index contributed by atoms with van der Waals surface area (Å²) >= 11 is 0. The topological polar surface area (TPSA) is 116 Å². The van der Waals surface area contributed by atoms with E-state index in [2.05, 4.69) is 10.1 Å². The summed E-state index contributed by atoms with van der Waals surface area (Å²) in [5.41, 5.74) is -0.477. The van der Waals surface area contributed by atoms with Gasteiger partial charge in [-0.1, -0.05) is 0 Å². The Hall–Kier alpha value is -4.35. The highest BCUT2D eigenvalue weighted by Gasteiger charge is 2.31. The Morgan fingerprint density at radius 3 is 2.11 bits per heavy atom. The number of nitrogens with one attached hydrogen (secondary N) is 1. The molecule has 1 amide bonds. The van der Waals surface area contributed by atoms with Crippen LogP contribution in [0.25, 0.3) is 0 Å². The van der Waals surface area contributed by atoms with Gasteiger partial charge in [0.1, 0.15) is 17.3 Å². The molecule has 0 fully saturated rings. The van der Waals surface area contributed by atoms with Crippen LogP contribution in [0.15, 0.2) is 51.7 Å². The maximum absolute atomic E-state index is 13.0. The van der Waals surface area contributed by atoms with Gasteiger partial charge in [-0.25, -0.2) is 4.79 Å². The van der Waals surface area contributed by atoms with Gasteiger partial charge < -0.3 is 33.8 Å². The number of aromatic hydroxyl groups is 1. The number of alkyl halides is 3. The third-order valence-electron chi connectivity index (χ3n) is 5.29. The second kappa shape index (κ2) is 11.1. The smallest absolute Gasteiger partial charge is 0.507 e. The zero-order valence-corrected chi connectivity index (χ0v) is 20.3. The van der Waals surface area contributed by atoms with E-state index in [1.807, 2.05) is 0 Å². The lowest BCUT2D eigenvalue weighted by Gasteiger charge is -2.21. The number of aryl methyl sites for hydroxylation is 1. The van der Waals surface area contributed by atoms with E-state index in [4.69, 9.17) is 18.6 Å². The zero-order valence-electron chi connectivity index (χ0n) is 20.3.